The lowest BCUT2D eigenvalue weighted by Crippen LogP contribution is -2.35. The van der Waals surface area contributed by atoms with Crippen molar-refractivity contribution in [3.63, 3.8) is 0 Å². The minimum Gasteiger partial charge on any atom is -0.481 e. The van der Waals surface area contributed by atoms with Crippen LogP contribution in [0.1, 0.15) is 126 Å². The minimum atomic E-state index is -1.38. The molecule has 0 aliphatic rings. The number of ketones is 6. The molecule has 3 atom stereocenters. The third kappa shape index (κ3) is 59.6. The molecule has 564 valence electrons. The molecule has 0 saturated carbocycles. The molecule has 14 N–H and O–H groups in total. The molecule has 0 aromatic rings. The van der Waals surface area contributed by atoms with Gasteiger partial charge in [-0.15, -0.1) is 0 Å². The fourth-order valence-corrected chi connectivity index (χ4v) is 6.28. The molecule has 0 aromatic carbocycles. The normalized spacial score (nSPS) is 10.6. The van der Waals surface area contributed by atoms with E-state index in [2.05, 4.69) is 62.1 Å². The third-order valence-electron chi connectivity index (χ3n) is 11.8. The van der Waals surface area contributed by atoms with E-state index in [1.807, 2.05) is 0 Å². The number of carboxylic acids is 3. The van der Waals surface area contributed by atoms with E-state index in [1.165, 1.54) is 21.3 Å². The zero-order chi connectivity index (χ0) is 73.6. The Hall–Kier alpha value is -10.6. The van der Waals surface area contributed by atoms with Crippen LogP contribution in [0.5, 0.6) is 0 Å². The Morgan fingerprint density at radius 3 is 0.747 bits per heavy atom. The summed E-state index contributed by atoms with van der Waals surface area (Å²) in [6.45, 7) is -0.978. The first-order valence-corrected chi connectivity index (χ1v) is 29.3. The molecule has 0 unspecified atom stereocenters. The quantitative estimate of drug-likeness (QED) is 0.0217. The standard InChI is InChI=1S/2C19H29N3O10.C18H28N4O10.3CH4/c2*1-3-15(25)21-9-13(23)4-5-16(26)22-10-14(24)8-12(18(28)29)11-32-19(30)20-7-6-17(27)31-2;1-31-16(27)4-5-20-18(30)32-10-11(17(28)29)6-13(24)9-21-14(25)3-2-12(23)8-22-15(26)7-19;;;/h2*12H,3-11H2,1-2H3,(H,20,30)(H,21,25)(H,22,26)(H,28,29);11H,2-10,19H2,1H3,(H,20,30)(H,21,25)(H,22,26)(H,28,29);3*1H4/t2*12-;11-;;;/m000.../s1. The number of aliphatic carboxylic acids is 3. The van der Waals surface area contributed by atoms with Crippen LogP contribution in [-0.2, 0) is 115 Å². The zero-order valence-corrected chi connectivity index (χ0v) is 53.8. The molecule has 0 spiro atoms. The lowest BCUT2D eigenvalue weighted by Gasteiger charge is -2.13. The van der Waals surface area contributed by atoms with Gasteiger partial charge in [-0.3, -0.25) is 86.3 Å². The van der Waals surface area contributed by atoms with Crippen molar-refractivity contribution in [3.8, 4) is 0 Å². The van der Waals surface area contributed by atoms with E-state index in [0.29, 0.717) is 0 Å². The van der Waals surface area contributed by atoms with Crippen molar-refractivity contribution in [2.75, 3.05) is 107 Å². The maximum absolute atomic E-state index is 11.9. The number of Topliss-reactive ketones (excluding diaryl/α,β-unsaturated/α-hetero) is 6. The number of rotatable bonds is 48. The first kappa shape index (κ1) is 99.5. The molecule has 0 rings (SSSR count). The highest BCUT2D eigenvalue weighted by Gasteiger charge is 2.27. The third-order valence-corrected chi connectivity index (χ3v) is 11.8. The largest absolute Gasteiger partial charge is 0.481 e. The van der Waals surface area contributed by atoms with Gasteiger partial charge in [0.15, 0.2) is 34.7 Å². The van der Waals surface area contributed by atoms with Gasteiger partial charge in [-0.1, -0.05) is 36.1 Å². The second-order valence-electron chi connectivity index (χ2n) is 19.6. The van der Waals surface area contributed by atoms with Crippen LogP contribution in [0.25, 0.3) is 0 Å². The number of methoxy groups -OCH3 is 3. The maximum atomic E-state index is 11.9. The summed E-state index contributed by atoms with van der Waals surface area (Å²) in [6.07, 6.45) is -5.20. The topological polar surface area (TPSA) is 609 Å². The highest BCUT2D eigenvalue weighted by Crippen LogP contribution is 2.09. The van der Waals surface area contributed by atoms with Crippen molar-refractivity contribution in [1.82, 2.24) is 47.9 Å². The van der Waals surface area contributed by atoms with Crippen molar-refractivity contribution in [3.05, 3.63) is 0 Å². The predicted octanol–water partition coefficient (Wildman–Crippen LogP) is -2.76. The van der Waals surface area contributed by atoms with Gasteiger partial charge in [0.2, 0.25) is 35.4 Å². The smallest absolute Gasteiger partial charge is 0.407 e. The van der Waals surface area contributed by atoms with Crippen molar-refractivity contribution in [2.45, 2.75) is 126 Å². The fraction of sp³-hybridized carbons (Fsp3) is 0.644. The summed E-state index contributed by atoms with van der Waals surface area (Å²) in [5.74, 6) is -15.5. The number of amides is 9. The number of hydrogen-bond acceptors (Lipinski definition) is 28. The molecule has 0 saturated heterocycles. The molecular formula is C59H98N10O30. The average Bonchev–Trinajstić information content (AvgIpc) is 1.06. The summed E-state index contributed by atoms with van der Waals surface area (Å²) in [7, 11) is 3.56. The molecular weight excluding hydrogens is 1330 g/mol. The molecule has 9 amide bonds. The van der Waals surface area contributed by atoms with E-state index in [4.69, 9.17) is 35.3 Å². The van der Waals surface area contributed by atoms with Gasteiger partial charge in [-0.25, -0.2) is 14.4 Å². The number of carbonyl (C=O) groups excluding carboxylic acids is 18. The number of alkyl carbamates (subject to hydrolysis) is 3. The minimum absolute atomic E-state index is 0. The van der Waals surface area contributed by atoms with Crippen LogP contribution in [0, 0.1) is 17.8 Å². The Morgan fingerprint density at radius 2 is 0.535 bits per heavy atom. The summed E-state index contributed by atoms with van der Waals surface area (Å²) in [5.41, 5.74) is 5.07. The van der Waals surface area contributed by atoms with Crippen LogP contribution >= 0.6 is 0 Å². The number of nitrogens with one attached hydrogen (secondary N) is 9. The van der Waals surface area contributed by atoms with Crippen molar-refractivity contribution in [2.24, 2.45) is 23.5 Å². The Kier molecular flexibility index (Phi) is 61.3. The van der Waals surface area contributed by atoms with Crippen molar-refractivity contribution >= 4 is 124 Å². The molecule has 0 aliphatic carbocycles. The van der Waals surface area contributed by atoms with E-state index in [-0.39, 0.29) is 162 Å². The molecule has 0 aromatic heterocycles. The van der Waals surface area contributed by atoms with E-state index in [1.54, 1.807) is 13.8 Å². The monoisotopic (exact) mass is 1430 g/mol. The second kappa shape index (κ2) is 61.1. The van der Waals surface area contributed by atoms with E-state index in [0.717, 1.165) is 0 Å². The van der Waals surface area contributed by atoms with Crippen molar-refractivity contribution in [1.29, 1.82) is 0 Å². The van der Waals surface area contributed by atoms with Crippen LogP contribution in [0.4, 0.5) is 14.4 Å². The van der Waals surface area contributed by atoms with Gasteiger partial charge in [-0.2, -0.15) is 0 Å². The van der Waals surface area contributed by atoms with E-state index >= 15 is 0 Å². The van der Waals surface area contributed by atoms with Crippen LogP contribution < -0.4 is 53.6 Å². The molecule has 0 aliphatic heterocycles. The van der Waals surface area contributed by atoms with Gasteiger partial charge in [-0.05, 0) is 0 Å². The molecule has 40 heteroatoms. The Morgan fingerprint density at radius 1 is 0.313 bits per heavy atom. The van der Waals surface area contributed by atoms with Gasteiger partial charge in [0.05, 0.1) is 104 Å². The van der Waals surface area contributed by atoms with Crippen molar-refractivity contribution < 1.29 is 144 Å². The van der Waals surface area contributed by atoms with Crippen LogP contribution in [0.2, 0.25) is 0 Å². The maximum Gasteiger partial charge on any atom is 0.407 e. The second-order valence-corrected chi connectivity index (χ2v) is 19.6. The summed E-state index contributed by atoms with van der Waals surface area (Å²) in [4.78, 5) is 240. The molecule has 99 heavy (non-hydrogen) atoms. The first-order chi connectivity index (χ1) is 45.2. The SMILES string of the molecule is C.C.C.CCC(=O)NCC(=O)CCC(=O)NCC(=O)C[C@@H](COC(=O)NCCC(=O)OC)C(=O)O.CCC(=O)NCC(=O)CCC(=O)NCC(=O)C[C@@H](COC(=O)NCCC(=O)OC)C(=O)O.COC(=O)CCNC(=O)OC[C@H](CC(=O)CNC(=O)CCC(=O)CNC(=O)CN)C(=O)O. The van der Waals surface area contributed by atoms with Gasteiger partial charge in [0.25, 0.3) is 0 Å². The first-order valence-electron chi connectivity index (χ1n) is 29.3. The highest BCUT2D eigenvalue weighted by atomic mass is 16.6. The number of carbonyl (C=O) groups is 21. The van der Waals surface area contributed by atoms with Gasteiger partial charge < -0.3 is 97.3 Å². The lowest BCUT2D eigenvalue weighted by molar-refractivity contribution is -0.145. The number of nitrogens with two attached hydrogens (primary N) is 1. The summed E-state index contributed by atoms with van der Waals surface area (Å²) in [6, 6.07) is 0. The Bertz CT molecular complexity index is 2410. The zero-order valence-electron chi connectivity index (χ0n) is 53.8. The van der Waals surface area contributed by atoms with Crippen LogP contribution in [0.15, 0.2) is 0 Å². The van der Waals surface area contributed by atoms with E-state index < -0.39 is 177 Å². The highest BCUT2D eigenvalue weighted by molar-refractivity contribution is 5.94. The summed E-state index contributed by atoms with van der Waals surface area (Å²) < 4.78 is 27.3. The molecule has 0 fully saturated rings. The predicted molar refractivity (Wildman–Crippen MR) is 341 cm³/mol. The number of carboxylic acid groups (broad SMARTS) is 3. The number of hydrogen-bond donors (Lipinski definition) is 13. The Balaban J connectivity index is -0.000000323. The molecule has 0 heterocycles. The number of ether oxygens (including phenoxy) is 6. The van der Waals surface area contributed by atoms with Gasteiger partial charge >= 0.3 is 54.1 Å². The molecule has 40 nitrogen and oxygen atoms in total. The van der Waals surface area contributed by atoms with Crippen LogP contribution in [-0.4, -0.2) is 246 Å². The summed E-state index contributed by atoms with van der Waals surface area (Å²) in [5, 5.41) is 48.0. The fourth-order valence-electron chi connectivity index (χ4n) is 6.28. The Labute approximate surface area is 571 Å². The number of esters is 3. The average molecular weight is 1430 g/mol. The lowest BCUT2D eigenvalue weighted by atomic mass is 10.0. The molecule has 0 radical (unpaired) electrons. The van der Waals surface area contributed by atoms with Gasteiger partial charge in [0, 0.05) is 90.3 Å². The molecule has 0 bridgehead atoms. The van der Waals surface area contributed by atoms with Gasteiger partial charge in [0.1, 0.15) is 19.8 Å². The summed E-state index contributed by atoms with van der Waals surface area (Å²) >= 11 is 0. The van der Waals surface area contributed by atoms with E-state index in [9.17, 15) is 101 Å². The van der Waals surface area contributed by atoms with Crippen LogP contribution in [0.3, 0.4) is 0 Å².